The number of benzene rings is 2. The Labute approximate surface area is 153 Å². The van der Waals surface area contributed by atoms with Gasteiger partial charge in [-0.3, -0.25) is 9.78 Å². The monoisotopic (exact) mass is 346 g/mol. The molecule has 0 saturated carbocycles. The lowest BCUT2D eigenvalue weighted by atomic mass is 9.91. The second kappa shape index (κ2) is 8.81. The van der Waals surface area contributed by atoms with Gasteiger partial charge < -0.3 is 10.1 Å². The zero-order valence-electron chi connectivity index (χ0n) is 14.8. The zero-order valence-corrected chi connectivity index (χ0v) is 14.8. The molecule has 132 valence electrons. The second-order valence-corrected chi connectivity index (χ2v) is 6.06. The number of rotatable bonds is 7. The van der Waals surface area contributed by atoms with Crippen LogP contribution >= 0.6 is 0 Å². The van der Waals surface area contributed by atoms with Gasteiger partial charge in [-0.2, -0.15) is 0 Å². The Hall–Kier alpha value is -3.14. The molecule has 4 heteroatoms. The van der Waals surface area contributed by atoms with Crippen LogP contribution in [0, 0.1) is 0 Å². The largest absolute Gasteiger partial charge is 0.496 e. The smallest absolute Gasteiger partial charge is 0.228 e. The van der Waals surface area contributed by atoms with Crippen LogP contribution in [0.1, 0.15) is 22.6 Å². The van der Waals surface area contributed by atoms with Crippen LogP contribution in [0.3, 0.4) is 0 Å². The number of carbonyl (C=O) groups excluding carboxylic acids is 1. The minimum atomic E-state index is -0.268. The molecule has 1 atom stereocenters. The lowest BCUT2D eigenvalue weighted by molar-refractivity contribution is -0.122. The van der Waals surface area contributed by atoms with Gasteiger partial charge in [0.2, 0.25) is 5.91 Å². The van der Waals surface area contributed by atoms with Gasteiger partial charge in [0.1, 0.15) is 5.75 Å². The van der Waals surface area contributed by atoms with Crippen molar-refractivity contribution in [3.63, 3.8) is 0 Å². The second-order valence-electron chi connectivity index (χ2n) is 6.06. The number of carbonyl (C=O) groups is 1. The lowest BCUT2D eigenvalue weighted by Crippen LogP contribution is -2.30. The first kappa shape index (κ1) is 17.7. The molecule has 26 heavy (non-hydrogen) atoms. The van der Waals surface area contributed by atoms with Crippen LogP contribution < -0.4 is 10.1 Å². The molecule has 0 radical (unpaired) electrons. The summed E-state index contributed by atoms with van der Waals surface area (Å²) in [5.74, 6) is 0.498. The highest BCUT2D eigenvalue weighted by molar-refractivity contribution is 5.84. The molecule has 2 aromatic carbocycles. The Morgan fingerprint density at radius 3 is 2.54 bits per heavy atom. The van der Waals surface area contributed by atoms with Gasteiger partial charge in [-0.1, -0.05) is 54.6 Å². The minimum absolute atomic E-state index is 0.00837. The molecule has 4 nitrogen and oxygen atoms in total. The predicted molar refractivity (Wildman–Crippen MR) is 102 cm³/mol. The minimum Gasteiger partial charge on any atom is -0.496 e. The van der Waals surface area contributed by atoms with Crippen molar-refractivity contribution in [3.8, 4) is 5.75 Å². The number of methoxy groups -OCH3 is 1. The quantitative estimate of drug-likeness (QED) is 0.709. The molecule has 1 unspecified atom stereocenters. The zero-order chi connectivity index (χ0) is 18.2. The summed E-state index contributed by atoms with van der Waals surface area (Å²) in [7, 11) is 1.63. The van der Waals surface area contributed by atoms with Gasteiger partial charge in [-0.05, 0) is 29.7 Å². The van der Waals surface area contributed by atoms with E-state index in [1.807, 2.05) is 72.9 Å². The predicted octanol–water partition coefficient (Wildman–Crippen LogP) is 3.73. The SMILES string of the molecule is COc1ccccc1CNC(=O)C(Cc1cccnc1)c1ccccc1. The van der Waals surface area contributed by atoms with Crippen molar-refractivity contribution in [2.45, 2.75) is 18.9 Å². The van der Waals surface area contributed by atoms with E-state index in [0.29, 0.717) is 13.0 Å². The fraction of sp³-hybridized carbons (Fsp3) is 0.182. The van der Waals surface area contributed by atoms with Gasteiger partial charge in [0.25, 0.3) is 0 Å². The molecule has 0 aliphatic carbocycles. The Morgan fingerprint density at radius 2 is 1.81 bits per heavy atom. The van der Waals surface area contributed by atoms with E-state index < -0.39 is 0 Å². The van der Waals surface area contributed by atoms with E-state index in [1.165, 1.54) is 0 Å². The topological polar surface area (TPSA) is 51.2 Å². The number of amides is 1. The molecule has 0 fully saturated rings. The van der Waals surface area contributed by atoms with E-state index >= 15 is 0 Å². The number of hydrogen-bond acceptors (Lipinski definition) is 3. The molecule has 0 saturated heterocycles. The van der Waals surface area contributed by atoms with E-state index in [0.717, 1.165) is 22.4 Å². The van der Waals surface area contributed by atoms with Crippen LogP contribution in [0.5, 0.6) is 5.75 Å². The first-order valence-electron chi connectivity index (χ1n) is 8.61. The first-order chi connectivity index (χ1) is 12.8. The van der Waals surface area contributed by atoms with E-state index in [9.17, 15) is 4.79 Å². The summed E-state index contributed by atoms with van der Waals surface area (Å²) in [6, 6.07) is 21.4. The third-order valence-corrected chi connectivity index (χ3v) is 4.33. The number of para-hydroxylation sites is 1. The standard InChI is InChI=1S/C22H22N2O2/c1-26-21-12-6-5-11-19(21)16-24-22(25)20(18-9-3-2-4-10-18)14-17-8-7-13-23-15-17/h2-13,15,20H,14,16H2,1H3,(H,24,25). The number of aromatic nitrogens is 1. The molecule has 1 aromatic heterocycles. The van der Waals surface area contributed by atoms with E-state index in [1.54, 1.807) is 13.3 Å². The first-order valence-corrected chi connectivity index (χ1v) is 8.61. The average Bonchev–Trinajstić information content (AvgIpc) is 2.72. The number of nitrogens with zero attached hydrogens (tertiary/aromatic N) is 1. The molecule has 0 bridgehead atoms. The third-order valence-electron chi connectivity index (χ3n) is 4.33. The number of hydrogen-bond donors (Lipinski definition) is 1. The van der Waals surface area contributed by atoms with Gasteiger partial charge >= 0.3 is 0 Å². The highest BCUT2D eigenvalue weighted by Gasteiger charge is 2.21. The van der Waals surface area contributed by atoms with Crippen molar-refractivity contribution in [1.29, 1.82) is 0 Å². The number of nitrogens with one attached hydrogen (secondary N) is 1. The molecule has 3 aromatic rings. The molecule has 1 amide bonds. The molecule has 3 rings (SSSR count). The van der Waals surface area contributed by atoms with Gasteiger partial charge in [0, 0.05) is 24.5 Å². The Morgan fingerprint density at radius 1 is 1.04 bits per heavy atom. The summed E-state index contributed by atoms with van der Waals surface area (Å²) in [6.45, 7) is 0.430. The van der Waals surface area contributed by atoms with Crippen LogP contribution in [0.15, 0.2) is 79.1 Å². The summed E-state index contributed by atoms with van der Waals surface area (Å²) < 4.78 is 5.36. The Bertz CT molecular complexity index is 835. The molecule has 0 aliphatic rings. The molecule has 1 heterocycles. The molecule has 0 spiro atoms. The van der Waals surface area contributed by atoms with Crippen LogP contribution in [0.25, 0.3) is 0 Å². The van der Waals surface area contributed by atoms with Crippen molar-refractivity contribution < 1.29 is 9.53 Å². The van der Waals surface area contributed by atoms with Crippen LogP contribution in [-0.2, 0) is 17.8 Å². The fourth-order valence-corrected chi connectivity index (χ4v) is 2.96. The fourth-order valence-electron chi connectivity index (χ4n) is 2.96. The van der Waals surface area contributed by atoms with Crippen molar-refractivity contribution in [2.24, 2.45) is 0 Å². The molecular formula is C22H22N2O2. The van der Waals surface area contributed by atoms with E-state index in [4.69, 9.17) is 4.74 Å². The summed E-state index contributed by atoms with van der Waals surface area (Å²) >= 11 is 0. The van der Waals surface area contributed by atoms with Crippen molar-refractivity contribution in [3.05, 3.63) is 95.8 Å². The van der Waals surface area contributed by atoms with Gasteiger partial charge in [-0.15, -0.1) is 0 Å². The van der Waals surface area contributed by atoms with Crippen molar-refractivity contribution in [2.75, 3.05) is 7.11 Å². The lowest BCUT2D eigenvalue weighted by Gasteiger charge is -2.18. The highest BCUT2D eigenvalue weighted by Crippen LogP contribution is 2.22. The van der Waals surface area contributed by atoms with Gasteiger partial charge in [-0.25, -0.2) is 0 Å². The average molecular weight is 346 g/mol. The Kier molecular flexibility index (Phi) is 5.99. The summed E-state index contributed by atoms with van der Waals surface area (Å²) in [4.78, 5) is 17.1. The van der Waals surface area contributed by atoms with E-state index in [2.05, 4.69) is 10.3 Å². The van der Waals surface area contributed by atoms with E-state index in [-0.39, 0.29) is 11.8 Å². The van der Waals surface area contributed by atoms with Crippen LogP contribution in [0.4, 0.5) is 0 Å². The molecule has 0 aliphatic heterocycles. The van der Waals surface area contributed by atoms with Gasteiger partial charge in [0.15, 0.2) is 0 Å². The normalized spacial score (nSPS) is 11.6. The Balaban J connectivity index is 1.76. The summed E-state index contributed by atoms with van der Waals surface area (Å²) in [5.41, 5.74) is 2.99. The van der Waals surface area contributed by atoms with Crippen molar-refractivity contribution >= 4 is 5.91 Å². The van der Waals surface area contributed by atoms with Gasteiger partial charge in [0.05, 0.1) is 13.0 Å². The maximum Gasteiger partial charge on any atom is 0.228 e. The summed E-state index contributed by atoms with van der Waals surface area (Å²) in [5, 5.41) is 3.05. The maximum absolute atomic E-state index is 12.9. The maximum atomic E-state index is 12.9. The molecular weight excluding hydrogens is 324 g/mol. The number of ether oxygens (including phenoxy) is 1. The number of pyridine rings is 1. The highest BCUT2D eigenvalue weighted by atomic mass is 16.5. The van der Waals surface area contributed by atoms with Crippen LogP contribution in [-0.4, -0.2) is 18.0 Å². The molecule has 1 N–H and O–H groups in total. The summed E-state index contributed by atoms with van der Waals surface area (Å²) in [6.07, 6.45) is 4.15. The third kappa shape index (κ3) is 4.48. The van der Waals surface area contributed by atoms with Crippen molar-refractivity contribution in [1.82, 2.24) is 10.3 Å². The van der Waals surface area contributed by atoms with Crippen LogP contribution in [0.2, 0.25) is 0 Å².